The molecule has 2 aromatic carbocycles. The van der Waals surface area contributed by atoms with E-state index in [1.165, 1.54) is 24.3 Å². The Bertz CT molecular complexity index is 691. The minimum absolute atomic E-state index is 0.000532. The first kappa shape index (κ1) is 13.5. The third-order valence-corrected chi connectivity index (χ3v) is 3.91. The lowest BCUT2D eigenvalue weighted by atomic mass is 10.2. The number of hydrogen-bond acceptors (Lipinski definition) is 3. The SMILES string of the molecule is Cc1ccc(S(=O)(=O)Oc2cc(F)ccc2C)cc1. The molecule has 0 atom stereocenters. The van der Waals surface area contributed by atoms with Crippen molar-refractivity contribution in [3.8, 4) is 5.75 Å². The Balaban J connectivity index is 2.36. The fourth-order valence-electron chi connectivity index (χ4n) is 1.53. The van der Waals surface area contributed by atoms with Gasteiger partial charge in [-0.25, -0.2) is 4.39 Å². The van der Waals surface area contributed by atoms with Crippen molar-refractivity contribution in [3.63, 3.8) is 0 Å². The van der Waals surface area contributed by atoms with E-state index in [1.54, 1.807) is 19.1 Å². The van der Waals surface area contributed by atoms with Gasteiger partial charge in [0, 0.05) is 6.07 Å². The smallest absolute Gasteiger partial charge is 0.339 e. The molecule has 5 heteroatoms. The maximum atomic E-state index is 13.1. The van der Waals surface area contributed by atoms with Crippen LogP contribution >= 0.6 is 0 Å². The summed E-state index contributed by atoms with van der Waals surface area (Å²) in [5.74, 6) is -0.541. The molecule has 2 rings (SSSR count). The first-order valence-electron chi connectivity index (χ1n) is 5.66. The van der Waals surface area contributed by atoms with E-state index in [0.29, 0.717) is 5.56 Å². The zero-order valence-corrected chi connectivity index (χ0v) is 11.4. The molecule has 0 heterocycles. The predicted molar refractivity (Wildman–Crippen MR) is 70.1 cm³/mol. The van der Waals surface area contributed by atoms with Gasteiger partial charge in [-0.3, -0.25) is 0 Å². The molecule has 0 amide bonds. The van der Waals surface area contributed by atoms with Crippen LogP contribution in [0, 0.1) is 19.7 Å². The van der Waals surface area contributed by atoms with E-state index >= 15 is 0 Å². The second-order valence-corrected chi connectivity index (χ2v) is 5.81. The van der Waals surface area contributed by atoms with Crippen LogP contribution in [-0.4, -0.2) is 8.42 Å². The summed E-state index contributed by atoms with van der Waals surface area (Å²) in [6.45, 7) is 3.51. The van der Waals surface area contributed by atoms with Crippen molar-refractivity contribution in [2.45, 2.75) is 18.7 Å². The van der Waals surface area contributed by atoms with Gasteiger partial charge in [-0.2, -0.15) is 8.42 Å². The lowest BCUT2D eigenvalue weighted by Crippen LogP contribution is -2.10. The molecule has 0 aliphatic heterocycles. The minimum atomic E-state index is -3.94. The van der Waals surface area contributed by atoms with E-state index in [-0.39, 0.29) is 10.6 Å². The Morgan fingerprint density at radius 2 is 1.63 bits per heavy atom. The average molecular weight is 280 g/mol. The highest BCUT2D eigenvalue weighted by atomic mass is 32.2. The van der Waals surface area contributed by atoms with Crippen molar-refractivity contribution in [3.05, 3.63) is 59.4 Å². The summed E-state index contributed by atoms with van der Waals surface area (Å²) in [7, 11) is -3.94. The Hall–Kier alpha value is -1.88. The molecule has 0 bridgehead atoms. The monoisotopic (exact) mass is 280 g/mol. The first-order valence-corrected chi connectivity index (χ1v) is 7.06. The van der Waals surface area contributed by atoms with Crippen molar-refractivity contribution < 1.29 is 17.0 Å². The molecule has 0 aliphatic carbocycles. The zero-order chi connectivity index (χ0) is 14.0. The number of hydrogen-bond donors (Lipinski definition) is 0. The molecule has 0 N–H and O–H groups in total. The van der Waals surface area contributed by atoms with Gasteiger partial charge >= 0.3 is 10.1 Å². The van der Waals surface area contributed by atoms with Crippen LogP contribution < -0.4 is 4.18 Å². The lowest BCUT2D eigenvalue weighted by Gasteiger charge is -2.09. The molecular formula is C14H13FO3S. The van der Waals surface area contributed by atoms with E-state index < -0.39 is 15.9 Å². The Labute approximate surface area is 111 Å². The van der Waals surface area contributed by atoms with E-state index in [0.717, 1.165) is 11.6 Å². The fourth-order valence-corrected chi connectivity index (χ4v) is 2.52. The quantitative estimate of drug-likeness (QED) is 0.811. The topological polar surface area (TPSA) is 43.4 Å². The van der Waals surface area contributed by atoms with Crippen LogP contribution in [0.1, 0.15) is 11.1 Å². The van der Waals surface area contributed by atoms with Crippen LogP contribution in [0.3, 0.4) is 0 Å². The zero-order valence-electron chi connectivity index (χ0n) is 10.6. The average Bonchev–Trinajstić information content (AvgIpc) is 2.34. The molecule has 3 nitrogen and oxygen atoms in total. The molecule has 0 aromatic heterocycles. The van der Waals surface area contributed by atoms with E-state index in [1.807, 2.05) is 6.92 Å². The molecule has 100 valence electrons. The fraction of sp³-hybridized carbons (Fsp3) is 0.143. The van der Waals surface area contributed by atoms with Gasteiger partial charge in [-0.1, -0.05) is 23.8 Å². The van der Waals surface area contributed by atoms with Crippen molar-refractivity contribution in [1.82, 2.24) is 0 Å². The van der Waals surface area contributed by atoms with Crippen molar-refractivity contribution in [1.29, 1.82) is 0 Å². The Morgan fingerprint density at radius 1 is 1.00 bits per heavy atom. The second kappa shape index (κ2) is 5.01. The third-order valence-electron chi connectivity index (χ3n) is 2.66. The van der Waals surface area contributed by atoms with Crippen LogP contribution in [0.2, 0.25) is 0 Å². The molecule has 19 heavy (non-hydrogen) atoms. The standard InChI is InChI=1S/C14H13FO3S/c1-10-3-7-13(8-4-10)19(16,17)18-14-9-12(15)6-5-11(14)2/h3-9H,1-2H3. The third kappa shape index (κ3) is 3.12. The summed E-state index contributed by atoms with van der Waals surface area (Å²) in [4.78, 5) is 0.0433. The highest BCUT2D eigenvalue weighted by molar-refractivity contribution is 7.87. The van der Waals surface area contributed by atoms with Crippen LogP contribution in [0.15, 0.2) is 47.4 Å². The van der Waals surface area contributed by atoms with Gasteiger partial charge in [0.15, 0.2) is 0 Å². The lowest BCUT2D eigenvalue weighted by molar-refractivity contribution is 0.481. The molecular weight excluding hydrogens is 267 g/mol. The number of halogens is 1. The summed E-state index contributed by atoms with van der Waals surface area (Å²) in [5, 5.41) is 0. The summed E-state index contributed by atoms with van der Waals surface area (Å²) in [6.07, 6.45) is 0. The van der Waals surface area contributed by atoms with Gasteiger partial charge < -0.3 is 4.18 Å². The summed E-state index contributed by atoms with van der Waals surface area (Å²) in [6, 6.07) is 10.0. The number of benzene rings is 2. The van der Waals surface area contributed by atoms with Crippen molar-refractivity contribution in [2.24, 2.45) is 0 Å². The number of rotatable bonds is 3. The molecule has 0 saturated carbocycles. The largest absolute Gasteiger partial charge is 0.379 e. The van der Waals surface area contributed by atoms with Gasteiger partial charge in [-0.05, 0) is 37.6 Å². The highest BCUT2D eigenvalue weighted by Crippen LogP contribution is 2.23. The molecule has 0 spiro atoms. The number of aryl methyl sites for hydroxylation is 2. The molecule has 0 saturated heterocycles. The van der Waals surface area contributed by atoms with E-state index in [2.05, 4.69) is 0 Å². The summed E-state index contributed by atoms with van der Waals surface area (Å²) < 4.78 is 42.1. The summed E-state index contributed by atoms with van der Waals surface area (Å²) in [5.41, 5.74) is 1.50. The molecule has 0 radical (unpaired) electrons. The van der Waals surface area contributed by atoms with Gasteiger partial charge in [0.25, 0.3) is 0 Å². The van der Waals surface area contributed by atoms with Crippen molar-refractivity contribution >= 4 is 10.1 Å². The normalized spacial score (nSPS) is 11.3. The second-order valence-electron chi connectivity index (χ2n) is 4.26. The van der Waals surface area contributed by atoms with E-state index in [4.69, 9.17) is 4.18 Å². The maximum absolute atomic E-state index is 13.1. The molecule has 0 aliphatic rings. The maximum Gasteiger partial charge on any atom is 0.339 e. The minimum Gasteiger partial charge on any atom is -0.379 e. The van der Waals surface area contributed by atoms with Gasteiger partial charge in [0.2, 0.25) is 0 Å². The van der Waals surface area contributed by atoms with Crippen LogP contribution in [0.25, 0.3) is 0 Å². The molecule has 0 unspecified atom stereocenters. The summed E-state index contributed by atoms with van der Waals surface area (Å²) >= 11 is 0. The van der Waals surface area contributed by atoms with Crippen LogP contribution in [0.4, 0.5) is 4.39 Å². The van der Waals surface area contributed by atoms with Crippen LogP contribution in [0.5, 0.6) is 5.75 Å². The Morgan fingerprint density at radius 3 is 2.26 bits per heavy atom. The first-order chi connectivity index (χ1) is 8.88. The predicted octanol–water partition coefficient (Wildman–Crippen LogP) is 3.21. The van der Waals surface area contributed by atoms with Gasteiger partial charge in [-0.15, -0.1) is 0 Å². The van der Waals surface area contributed by atoms with E-state index in [9.17, 15) is 12.8 Å². The van der Waals surface area contributed by atoms with Crippen LogP contribution in [-0.2, 0) is 10.1 Å². The van der Waals surface area contributed by atoms with Crippen molar-refractivity contribution in [2.75, 3.05) is 0 Å². The van der Waals surface area contributed by atoms with Gasteiger partial charge in [0.05, 0.1) is 0 Å². The molecule has 2 aromatic rings. The molecule has 0 fully saturated rings. The van der Waals surface area contributed by atoms with Gasteiger partial charge in [0.1, 0.15) is 16.5 Å². The highest BCUT2D eigenvalue weighted by Gasteiger charge is 2.17. The Kier molecular flexibility index (Phi) is 3.57.